The average Bonchev–Trinajstić information content (AvgIpc) is 2.26. The number of carboxylic acid groups (broad SMARTS) is 1. The maximum absolute atomic E-state index is 12.1. The third-order valence-corrected chi connectivity index (χ3v) is 4.76. The van der Waals surface area contributed by atoms with Gasteiger partial charge in [0.05, 0.1) is 11.3 Å². The van der Waals surface area contributed by atoms with Gasteiger partial charge in [0.15, 0.2) is 26.7 Å². The highest BCUT2D eigenvalue weighted by atomic mass is 32.2. The average molecular weight is 298 g/mol. The van der Waals surface area contributed by atoms with Gasteiger partial charge >= 0.3 is 5.97 Å². The van der Waals surface area contributed by atoms with Crippen LogP contribution in [-0.4, -0.2) is 36.3 Å². The molecule has 0 saturated heterocycles. The zero-order valence-electron chi connectivity index (χ0n) is 11.0. The summed E-state index contributed by atoms with van der Waals surface area (Å²) in [5, 5.41) is 7.14. The van der Waals surface area contributed by atoms with E-state index in [1.165, 1.54) is 24.3 Å². The summed E-state index contributed by atoms with van der Waals surface area (Å²) < 4.78 is 24.2. The monoisotopic (exact) mass is 298 g/mol. The molecule has 0 spiro atoms. The van der Waals surface area contributed by atoms with Gasteiger partial charge in [0.25, 0.3) is 0 Å². The van der Waals surface area contributed by atoms with Crippen molar-refractivity contribution in [2.75, 3.05) is 0 Å². The fourth-order valence-electron chi connectivity index (χ4n) is 1.90. The molecule has 0 atom stereocenters. The third kappa shape index (κ3) is 3.74. The van der Waals surface area contributed by atoms with Crippen molar-refractivity contribution in [1.82, 2.24) is 0 Å². The van der Waals surface area contributed by atoms with Crippen LogP contribution in [0.15, 0.2) is 24.3 Å². The van der Waals surface area contributed by atoms with E-state index in [4.69, 9.17) is 5.11 Å². The van der Waals surface area contributed by atoms with E-state index in [0.717, 1.165) is 13.8 Å². The lowest BCUT2D eigenvalue weighted by molar-refractivity contribution is -0.124. The van der Waals surface area contributed by atoms with Gasteiger partial charge in [-0.15, -0.1) is 0 Å². The molecule has 0 amide bonds. The van der Waals surface area contributed by atoms with Crippen molar-refractivity contribution in [2.24, 2.45) is 0 Å². The van der Waals surface area contributed by atoms with Gasteiger partial charge in [-0.2, -0.15) is 0 Å². The Morgan fingerprint density at radius 3 is 2.15 bits per heavy atom. The molecule has 7 heteroatoms. The van der Waals surface area contributed by atoms with Crippen LogP contribution in [0.1, 0.15) is 29.8 Å². The molecule has 6 nitrogen and oxygen atoms in total. The molecule has 0 aliphatic carbocycles. The number of hydrogen-bond donors (Lipinski definition) is 1. The zero-order chi connectivity index (χ0) is 15.5. The highest BCUT2D eigenvalue weighted by Gasteiger charge is 2.34. The maximum atomic E-state index is 12.1. The summed E-state index contributed by atoms with van der Waals surface area (Å²) in [6, 6.07) is 5.37. The summed E-state index contributed by atoms with van der Waals surface area (Å²) >= 11 is 0. The standard InChI is InChI=1S/C13H14O6S/c1-8(14)12(9(2)15)20(18,19)7-10-4-3-5-11(6-10)13(16)17/h3-6,12H,7H2,1-2H3,(H,16,17). The van der Waals surface area contributed by atoms with Crippen molar-refractivity contribution in [3.8, 4) is 0 Å². The minimum Gasteiger partial charge on any atom is -0.478 e. The molecule has 20 heavy (non-hydrogen) atoms. The molecule has 108 valence electrons. The van der Waals surface area contributed by atoms with Gasteiger partial charge in [-0.25, -0.2) is 13.2 Å². The van der Waals surface area contributed by atoms with Crippen LogP contribution in [0.3, 0.4) is 0 Å². The zero-order valence-corrected chi connectivity index (χ0v) is 11.8. The molecule has 1 aromatic carbocycles. The van der Waals surface area contributed by atoms with Crippen LogP contribution in [-0.2, 0) is 25.2 Å². The minimum atomic E-state index is -4.01. The molecule has 0 saturated carbocycles. The van der Waals surface area contributed by atoms with E-state index in [9.17, 15) is 22.8 Å². The van der Waals surface area contributed by atoms with E-state index >= 15 is 0 Å². The topological polar surface area (TPSA) is 106 Å². The number of carboxylic acids is 1. The van der Waals surface area contributed by atoms with E-state index < -0.39 is 38.4 Å². The van der Waals surface area contributed by atoms with E-state index in [1.807, 2.05) is 0 Å². The molecule has 0 bridgehead atoms. The first-order chi connectivity index (χ1) is 9.15. The molecule has 0 heterocycles. The fraction of sp³-hybridized carbons (Fsp3) is 0.308. The fourth-order valence-corrected chi connectivity index (χ4v) is 3.72. The van der Waals surface area contributed by atoms with Gasteiger partial charge in [-0.05, 0) is 31.5 Å². The number of carbonyl (C=O) groups excluding carboxylic acids is 2. The molecular weight excluding hydrogens is 284 g/mol. The summed E-state index contributed by atoms with van der Waals surface area (Å²) in [5.41, 5.74) is 0.164. The Morgan fingerprint density at radius 2 is 1.70 bits per heavy atom. The molecule has 0 aliphatic heterocycles. The van der Waals surface area contributed by atoms with Gasteiger partial charge in [0.2, 0.25) is 0 Å². The Labute approximate surface area is 116 Å². The number of sulfone groups is 1. The number of carbonyl (C=O) groups is 3. The molecule has 0 radical (unpaired) electrons. The molecule has 0 unspecified atom stereocenters. The number of aromatic carboxylic acids is 1. The van der Waals surface area contributed by atoms with Crippen LogP contribution in [0.2, 0.25) is 0 Å². The first-order valence-electron chi connectivity index (χ1n) is 5.70. The Kier molecular flexibility index (Phi) is 4.78. The molecule has 0 aliphatic rings. The van der Waals surface area contributed by atoms with Gasteiger partial charge in [0, 0.05) is 0 Å². The van der Waals surface area contributed by atoms with Gasteiger partial charge in [-0.1, -0.05) is 12.1 Å². The number of benzene rings is 1. The minimum absolute atomic E-state index is 0.0556. The van der Waals surface area contributed by atoms with Gasteiger partial charge in [0.1, 0.15) is 0 Å². The van der Waals surface area contributed by atoms with Gasteiger partial charge in [-0.3, -0.25) is 9.59 Å². The van der Waals surface area contributed by atoms with Crippen LogP contribution in [0.4, 0.5) is 0 Å². The first-order valence-corrected chi connectivity index (χ1v) is 7.41. The maximum Gasteiger partial charge on any atom is 0.335 e. The van der Waals surface area contributed by atoms with Crippen LogP contribution in [0.25, 0.3) is 0 Å². The summed E-state index contributed by atoms with van der Waals surface area (Å²) in [7, 11) is -4.01. The highest BCUT2D eigenvalue weighted by molar-refractivity contribution is 7.92. The van der Waals surface area contributed by atoms with Crippen LogP contribution in [0, 0.1) is 0 Å². The molecule has 0 aromatic heterocycles. The van der Waals surface area contributed by atoms with Crippen molar-refractivity contribution < 1.29 is 27.9 Å². The van der Waals surface area contributed by atoms with E-state index in [1.54, 1.807) is 0 Å². The van der Waals surface area contributed by atoms with E-state index in [0.29, 0.717) is 0 Å². The quantitative estimate of drug-likeness (QED) is 0.780. The molecular formula is C13H14O6S. The molecule has 1 aromatic rings. The van der Waals surface area contributed by atoms with Crippen molar-refractivity contribution in [1.29, 1.82) is 0 Å². The Morgan fingerprint density at radius 1 is 1.15 bits per heavy atom. The van der Waals surface area contributed by atoms with Crippen LogP contribution in [0.5, 0.6) is 0 Å². The van der Waals surface area contributed by atoms with Crippen molar-refractivity contribution in [3.63, 3.8) is 0 Å². The first kappa shape index (κ1) is 16.0. The van der Waals surface area contributed by atoms with Gasteiger partial charge < -0.3 is 5.11 Å². The highest BCUT2D eigenvalue weighted by Crippen LogP contribution is 2.15. The molecule has 1 rings (SSSR count). The summed E-state index contributed by atoms with van der Waals surface area (Å²) in [5.74, 6) is -3.23. The van der Waals surface area contributed by atoms with Crippen LogP contribution >= 0.6 is 0 Å². The number of ketones is 2. The van der Waals surface area contributed by atoms with Crippen LogP contribution < -0.4 is 0 Å². The van der Waals surface area contributed by atoms with Crippen molar-refractivity contribution in [2.45, 2.75) is 24.9 Å². The van der Waals surface area contributed by atoms with E-state index in [2.05, 4.69) is 0 Å². The summed E-state index contributed by atoms with van der Waals surface area (Å²) in [6.45, 7) is 2.08. The number of Topliss-reactive ketones (excluding diaryl/α,β-unsaturated/α-hetero) is 2. The molecule has 1 N–H and O–H groups in total. The third-order valence-electron chi connectivity index (χ3n) is 2.64. The SMILES string of the molecule is CC(=O)C(C(C)=O)S(=O)(=O)Cc1cccc(C(=O)O)c1. The number of hydrogen-bond acceptors (Lipinski definition) is 5. The normalized spacial score (nSPS) is 11.3. The second kappa shape index (κ2) is 5.96. The Hall–Kier alpha value is -2.02. The Balaban J connectivity index is 3.13. The number of rotatable bonds is 6. The smallest absolute Gasteiger partial charge is 0.335 e. The predicted molar refractivity (Wildman–Crippen MR) is 71.2 cm³/mol. The predicted octanol–water partition coefficient (Wildman–Crippen LogP) is 0.846. The van der Waals surface area contributed by atoms with Crippen molar-refractivity contribution >= 4 is 27.4 Å². The second-order valence-electron chi connectivity index (χ2n) is 4.41. The molecule has 0 fully saturated rings. The lowest BCUT2D eigenvalue weighted by Crippen LogP contribution is -2.35. The largest absolute Gasteiger partial charge is 0.478 e. The summed E-state index contributed by atoms with van der Waals surface area (Å²) in [4.78, 5) is 33.4. The van der Waals surface area contributed by atoms with E-state index in [-0.39, 0.29) is 11.1 Å². The second-order valence-corrected chi connectivity index (χ2v) is 6.50. The lowest BCUT2D eigenvalue weighted by atomic mass is 10.1. The van der Waals surface area contributed by atoms with Crippen molar-refractivity contribution in [3.05, 3.63) is 35.4 Å². The summed E-state index contributed by atoms with van der Waals surface area (Å²) in [6.07, 6.45) is 0. The lowest BCUT2D eigenvalue weighted by Gasteiger charge is -2.12. The Bertz CT molecular complexity index is 645.